The second-order valence-electron chi connectivity index (χ2n) is 4.71. The van der Waals surface area contributed by atoms with E-state index in [1.165, 1.54) is 0 Å². The van der Waals surface area contributed by atoms with Gasteiger partial charge in [0.05, 0.1) is 11.8 Å². The summed E-state index contributed by atoms with van der Waals surface area (Å²) in [5.74, 6) is 1.65. The molecule has 1 atom stereocenters. The average molecular weight is 299 g/mol. The molecule has 0 saturated carbocycles. The maximum absolute atomic E-state index is 11.4. The first-order valence-electron chi connectivity index (χ1n) is 6.89. The standard InChI is InChI=1S/C14H21NO4S/c1-3-15-13-10-19-14-9-11(5-6-12(13)14)18-7-8-20(16,17)4-2/h5-6,9,13,15H,3-4,7-8,10H2,1-2H3. The van der Waals surface area contributed by atoms with Crippen LogP contribution < -0.4 is 14.8 Å². The molecule has 0 aliphatic carbocycles. The number of ether oxygens (including phenoxy) is 2. The van der Waals surface area contributed by atoms with Gasteiger partial charge < -0.3 is 14.8 Å². The number of benzene rings is 1. The number of hydrogen-bond acceptors (Lipinski definition) is 5. The number of nitrogens with one attached hydrogen (secondary N) is 1. The Labute approximate surface area is 120 Å². The van der Waals surface area contributed by atoms with Gasteiger partial charge in [-0.15, -0.1) is 0 Å². The highest BCUT2D eigenvalue weighted by Gasteiger charge is 2.23. The molecule has 1 aliphatic rings. The minimum atomic E-state index is -2.98. The zero-order valence-electron chi connectivity index (χ0n) is 11.9. The smallest absolute Gasteiger partial charge is 0.153 e. The van der Waals surface area contributed by atoms with Gasteiger partial charge in [-0.25, -0.2) is 8.42 Å². The highest BCUT2D eigenvalue weighted by molar-refractivity contribution is 7.91. The van der Waals surface area contributed by atoms with E-state index in [9.17, 15) is 8.42 Å². The molecule has 0 aromatic heterocycles. The first kappa shape index (κ1) is 15.1. The van der Waals surface area contributed by atoms with Crippen molar-refractivity contribution < 1.29 is 17.9 Å². The fraction of sp³-hybridized carbons (Fsp3) is 0.571. The van der Waals surface area contributed by atoms with Gasteiger partial charge in [-0.1, -0.05) is 13.8 Å². The Morgan fingerprint density at radius 2 is 2.20 bits per heavy atom. The van der Waals surface area contributed by atoms with Crippen molar-refractivity contribution in [3.05, 3.63) is 23.8 Å². The molecule has 0 spiro atoms. The van der Waals surface area contributed by atoms with Crippen molar-refractivity contribution >= 4 is 9.84 Å². The molecule has 0 saturated heterocycles. The molecular formula is C14H21NO4S. The second kappa shape index (κ2) is 6.45. The summed E-state index contributed by atoms with van der Waals surface area (Å²) >= 11 is 0. The Balaban J connectivity index is 1.96. The van der Waals surface area contributed by atoms with E-state index < -0.39 is 9.84 Å². The highest BCUT2D eigenvalue weighted by Crippen LogP contribution is 2.35. The molecule has 1 heterocycles. The molecule has 0 amide bonds. The Morgan fingerprint density at radius 1 is 1.40 bits per heavy atom. The molecule has 2 rings (SSSR count). The average Bonchev–Trinajstić information content (AvgIpc) is 2.82. The Bertz CT molecular complexity index is 556. The van der Waals surface area contributed by atoms with Crippen molar-refractivity contribution in [2.24, 2.45) is 0 Å². The van der Waals surface area contributed by atoms with E-state index in [2.05, 4.69) is 12.2 Å². The monoisotopic (exact) mass is 299 g/mol. The lowest BCUT2D eigenvalue weighted by molar-refractivity contribution is 0.309. The van der Waals surface area contributed by atoms with Gasteiger partial charge in [0.25, 0.3) is 0 Å². The molecule has 1 aliphatic heterocycles. The Hall–Kier alpha value is -1.27. The lowest BCUT2D eigenvalue weighted by Crippen LogP contribution is -2.21. The molecule has 6 heteroatoms. The summed E-state index contributed by atoms with van der Waals surface area (Å²) in [6.45, 7) is 5.38. The van der Waals surface area contributed by atoms with Crippen LogP contribution in [0.1, 0.15) is 25.5 Å². The van der Waals surface area contributed by atoms with Crippen molar-refractivity contribution in [3.63, 3.8) is 0 Å². The molecule has 1 aromatic carbocycles. The number of hydrogen-bond donors (Lipinski definition) is 1. The molecule has 5 nitrogen and oxygen atoms in total. The van der Waals surface area contributed by atoms with E-state index in [0.717, 1.165) is 17.9 Å². The minimum Gasteiger partial charge on any atom is -0.492 e. The number of fused-ring (bicyclic) bond motifs is 1. The third kappa shape index (κ3) is 3.64. The lowest BCUT2D eigenvalue weighted by Gasteiger charge is -2.10. The normalized spacial score (nSPS) is 17.6. The predicted molar refractivity (Wildman–Crippen MR) is 78.2 cm³/mol. The van der Waals surface area contributed by atoms with Gasteiger partial charge in [0.1, 0.15) is 24.7 Å². The maximum Gasteiger partial charge on any atom is 0.153 e. The quantitative estimate of drug-likeness (QED) is 0.827. The first-order valence-corrected chi connectivity index (χ1v) is 8.71. The molecule has 112 valence electrons. The van der Waals surface area contributed by atoms with Crippen LogP contribution in [-0.4, -0.2) is 39.7 Å². The van der Waals surface area contributed by atoms with Crippen molar-refractivity contribution in [3.8, 4) is 11.5 Å². The van der Waals surface area contributed by atoms with Crippen LogP contribution in [0.5, 0.6) is 11.5 Å². The van der Waals surface area contributed by atoms with Crippen molar-refractivity contribution in [2.45, 2.75) is 19.9 Å². The summed E-state index contributed by atoms with van der Waals surface area (Å²) in [6, 6.07) is 5.88. The largest absolute Gasteiger partial charge is 0.492 e. The molecule has 1 unspecified atom stereocenters. The highest BCUT2D eigenvalue weighted by atomic mass is 32.2. The van der Waals surface area contributed by atoms with Crippen LogP contribution in [0, 0.1) is 0 Å². The van der Waals surface area contributed by atoms with Gasteiger partial charge in [-0.3, -0.25) is 0 Å². The fourth-order valence-electron chi connectivity index (χ4n) is 2.13. The summed E-state index contributed by atoms with van der Waals surface area (Å²) in [7, 11) is -2.98. The van der Waals surface area contributed by atoms with E-state index in [0.29, 0.717) is 12.4 Å². The zero-order chi connectivity index (χ0) is 14.6. The maximum atomic E-state index is 11.4. The molecule has 20 heavy (non-hydrogen) atoms. The van der Waals surface area contributed by atoms with E-state index in [-0.39, 0.29) is 24.2 Å². The summed E-state index contributed by atoms with van der Waals surface area (Å²) in [6.07, 6.45) is 0. The number of rotatable bonds is 7. The van der Waals surface area contributed by atoms with Gasteiger partial charge in [0, 0.05) is 17.4 Å². The molecule has 1 aromatic rings. The summed E-state index contributed by atoms with van der Waals surface area (Å²) in [5, 5.41) is 3.35. The SMILES string of the molecule is CCNC1COc2cc(OCCS(=O)(=O)CC)ccc21. The van der Waals surface area contributed by atoms with Crippen LogP contribution in [0.2, 0.25) is 0 Å². The Morgan fingerprint density at radius 3 is 2.90 bits per heavy atom. The van der Waals surface area contributed by atoms with Gasteiger partial charge in [0.15, 0.2) is 9.84 Å². The van der Waals surface area contributed by atoms with E-state index >= 15 is 0 Å². The van der Waals surface area contributed by atoms with Crippen molar-refractivity contribution in [1.82, 2.24) is 5.32 Å². The van der Waals surface area contributed by atoms with Crippen molar-refractivity contribution in [1.29, 1.82) is 0 Å². The third-order valence-corrected chi connectivity index (χ3v) is 4.99. The van der Waals surface area contributed by atoms with Gasteiger partial charge in [-0.2, -0.15) is 0 Å². The predicted octanol–water partition coefficient (Wildman–Crippen LogP) is 1.54. The molecular weight excluding hydrogens is 278 g/mol. The molecule has 0 radical (unpaired) electrons. The van der Waals surface area contributed by atoms with Gasteiger partial charge in [-0.05, 0) is 18.7 Å². The number of sulfone groups is 1. The summed E-state index contributed by atoms with van der Waals surface area (Å²) < 4.78 is 33.9. The van der Waals surface area contributed by atoms with E-state index in [4.69, 9.17) is 9.47 Å². The minimum absolute atomic E-state index is 0.0431. The fourth-order valence-corrected chi connectivity index (χ4v) is 2.75. The van der Waals surface area contributed by atoms with Crippen molar-refractivity contribution in [2.75, 3.05) is 31.3 Å². The third-order valence-electron chi connectivity index (χ3n) is 3.32. The van der Waals surface area contributed by atoms with Crippen LogP contribution in [0.25, 0.3) is 0 Å². The first-order chi connectivity index (χ1) is 9.55. The van der Waals surface area contributed by atoms with Crippen LogP contribution in [0.4, 0.5) is 0 Å². The second-order valence-corrected chi connectivity index (χ2v) is 7.18. The molecule has 1 N–H and O–H groups in total. The van der Waals surface area contributed by atoms with Gasteiger partial charge >= 0.3 is 0 Å². The van der Waals surface area contributed by atoms with Crippen LogP contribution in [0.15, 0.2) is 18.2 Å². The van der Waals surface area contributed by atoms with E-state index in [1.54, 1.807) is 6.92 Å². The van der Waals surface area contributed by atoms with Gasteiger partial charge in [0.2, 0.25) is 0 Å². The van der Waals surface area contributed by atoms with E-state index in [1.807, 2.05) is 18.2 Å². The molecule has 0 bridgehead atoms. The van der Waals surface area contributed by atoms with Crippen LogP contribution in [-0.2, 0) is 9.84 Å². The molecule has 0 fully saturated rings. The zero-order valence-corrected chi connectivity index (χ0v) is 12.7. The summed E-state index contributed by atoms with van der Waals surface area (Å²) in [4.78, 5) is 0. The Kier molecular flexibility index (Phi) is 4.88. The van der Waals surface area contributed by atoms with Crippen LogP contribution in [0.3, 0.4) is 0 Å². The number of likely N-dealkylation sites (N-methyl/N-ethyl adjacent to an activating group) is 1. The summed E-state index contributed by atoms with van der Waals surface area (Å²) in [5.41, 5.74) is 1.13. The van der Waals surface area contributed by atoms with Crippen LogP contribution >= 0.6 is 0 Å². The lowest BCUT2D eigenvalue weighted by atomic mass is 10.1. The topological polar surface area (TPSA) is 64.6 Å².